The van der Waals surface area contributed by atoms with Crippen LogP contribution in [0.3, 0.4) is 0 Å². The van der Waals surface area contributed by atoms with Gasteiger partial charge in [0, 0.05) is 12.5 Å². The van der Waals surface area contributed by atoms with E-state index in [-0.39, 0.29) is 17.1 Å². The van der Waals surface area contributed by atoms with Crippen molar-refractivity contribution in [1.29, 1.82) is 0 Å². The van der Waals surface area contributed by atoms with Gasteiger partial charge in [-0.05, 0) is 83.2 Å². The van der Waals surface area contributed by atoms with E-state index >= 15 is 0 Å². The van der Waals surface area contributed by atoms with E-state index in [2.05, 4.69) is 114 Å². The van der Waals surface area contributed by atoms with E-state index in [0.717, 1.165) is 24.3 Å². The van der Waals surface area contributed by atoms with Gasteiger partial charge in [0.25, 0.3) is 0 Å². The molecule has 0 radical (unpaired) electrons. The summed E-state index contributed by atoms with van der Waals surface area (Å²) in [5.74, 6) is 1.90. The summed E-state index contributed by atoms with van der Waals surface area (Å²) < 4.78 is 28.0. The largest absolute Gasteiger partial charge is 0.497 e. The molecular formula is C32H59IO4Si2. The van der Waals surface area contributed by atoms with E-state index in [1.54, 1.807) is 7.11 Å². The molecular weight excluding hydrogens is 631 g/mol. The SMILES string of the molecule is CC[Si](CC)(CC)OC[C@@H](C/C(C)=C\I)[C@H](C)[C@H](O[Si](C)(C)C(C)(C)C)[C@H](C)COCc1ccc(OC)cc1. The topological polar surface area (TPSA) is 36.9 Å². The van der Waals surface area contributed by atoms with Crippen LogP contribution in [0, 0.1) is 17.8 Å². The maximum atomic E-state index is 7.24. The summed E-state index contributed by atoms with van der Waals surface area (Å²) in [5.41, 5.74) is 2.58. The van der Waals surface area contributed by atoms with Crippen molar-refractivity contribution in [3.63, 3.8) is 0 Å². The lowest BCUT2D eigenvalue weighted by molar-refractivity contribution is -0.00997. The molecule has 39 heavy (non-hydrogen) atoms. The molecule has 0 heterocycles. The Bertz CT molecular complexity index is 838. The second-order valence-electron chi connectivity index (χ2n) is 13.0. The second kappa shape index (κ2) is 17.0. The van der Waals surface area contributed by atoms with Crippen molar-refractivity contribution in [2.75, 3.05) is 20.3 Å². The molecule has 0 amide bonds. The Hall–Kier alpha value is -0.196. The molecule has 0 aromatic heterocycles. The third-order valence-corrected chi connectivity index (χ3v) is 19.4. The van der Waals surface area contributed by atoms with Crippen molar-refractivity contribution < 1.29 is 18.3 Å². The fourth-order valence-electron chi connectivity index (χ4n) is 4.90. The van der Waals surface area contributed by atoms with Crippen molar-refractivity contribution in [3.8, 4) is 5.75 Å². The Morgan fingerprint density at radius 1 is 0.974 bits per heavy atom. The fraction of sp³-hybridized carbons (Fsp3) is 0.750. The molecule has 1 rings (SSSR count). The van der Waals surface area contributed by atoms with Gasteiger partial charge in [-0.15, -0.1) is 0 Å². The van der Waals surface area contributed by atoms with Crippen molar-refractivity contribution in [2.24, 2.45) is 17.8 Å². The van der Waals surface area contributed by atoms with Crippen LogP contribution in [0.15, 0.2) is 33.9 Å². The number of hydrogen-bond acceptors (Lipinski definition) is 4. The quantitative estimate of drug-likeness (QED) is 0.114. The van der Waals surface area contributed by atoms with Gasteiger partial charge >= 0.3 is 0 Å². The molecule has 0 aliphatic heterocycles. The van der Waals surface area contributed by atoms with Gasteiger partial charge in [0.05, 0.1) is 26.4 Å². The molecule has 0 saturated heterocycles. The third-order valence-electron chi connectivity index (χ3n) is 9.18. The number of hydrogen-bond donors (Lipinski definition) is 0. The van der Waals surface area contributed by atoms with Gasteiger partial charge in [0.15, 0.2) is 16.6 Å². The lowest BCUT2D eigenvalue weighted by atomic mass is 9.81. The van der Waals surface area contributed by atoms with Crippen LogP contribution in [0.1, 0.15) is 74.3 Å². The van der Waals surface area contributed by atoms with Gasteiger partial charge in [-0.1, -0.05) is 95.7 Å². The van der Waals surface area contributed by atoms with Crippen LogP contribution in [0.4, 0.5) is 0 Å². The Labute approximate surface area is 257 Å². The first-order valence-electron chi connectivity index (χ1n) is 15.0. The van der Waals surface area contributed by atoms with E-state index in [9.17, 15) is 0 Å². The van der Waals surface area contributed by atoms with Crippen LogP contribution in [0.2, 0.25) is 36.3 Å². The van der Waals surface area contributed by atoms with Gasteiger partial charge < -0.3 is 18.3 Å². The highest BCUT2D eigenvalue weighted by Gasteiger charge is 2.43. The summed E-state index contributed by atoms with van der Waals surface area (Å²) >= 11 is 2.38. The van der Waals surface area contributed by atoms with Crippen LogP contribution in [-0.2, 0) is 20.2 Å². The minimum Gasteiger partial charge on any atom is -0.497 e. The standard InChI is InChI=1S/C32H59IO4Si2/c1-13-39(14-2,15-3)36-24-29(20-25(4)21-33)27(6)31(37-38(11,12)32(7,8)9)26(5)22-35-23-28-16-18-30(34-10)19-17-28/h16-19,21,26-27,29,31H,13-15,20,22-24H2,1-12H3/b25-21-/t26-,27+,29-,31-/m1/s1. The highest BCUT2D eigenvalue weighted by molar-refractivity contribution is 14.1. The Morgan fingerprint density at radius 3 is 2.00 bits per heavy atom. The average Bonchev–Trinajstić information content (AvgIpc) is 2.91. The molecule has 4 atom stereocenters. The van der Waals surface area contributed by atoms with Crippen LogP contribution in [0.25, 0.3) is 0 Å². The van der Waals surface area contributed by atoms with Crippen molar-refractivity contribution in [2.45, 2.75) is 118 Å². The number of benzene rings is 1. The molecule has 0 N–H and O–H groups in total. The fourth-order valence-corrected chi connectivity index (χ4v) is 9.32. The number of rotatable bonds is 18. The number of allylic oxidation sites excluding steroid dienone is 1. The minimum atomic E-state index is -2.00. The summed E-state index contributed by atoms with van der Waals surface area (Å²) in [6, 6.07) is 11.7. The van der Waals surface area contributed by atoms with Gasteiger partial charge in [-0.25, -0.2) is 0 Å². The van der Waals surface area contributed by atoms with Crippen LogP contribution < -0.4 is 4.74 Å². The van der Waals surface area contributed by atoms with Gasteiger partial charge in [0.2, 0.25) is 0 Å². The third kappa shape index (κ3) is 11.5. The van der Waals surface area contributed by atoms with Crippen LogP contribution in [0.5, 0.6) is 5.75 Å². The molecule has 0 bridgehead atoms. The molecule has 0 saturated carbocycles. The van der Waals surface area contributed by atoms with E-state index in [4.69, 9.17) is 18.3 Å². The van der Waals surface area contributed by atoms with Crippen molar-refractivity contribution >= 4 is 39.2 Å². The maximum Gasteiger partial charge on any atom is 0.192 e. The van der Waals surface area contributed by atoms with Gasteiger partial charge in [-0.3, -0.25) is 0 Å². The number of methoxy groups -OCH3 is 1. The first-order chi connectivity index (χ1) is 18.2. The number of ether oxygens (including phenoxy) is 2. The lowest BCUT2D eigenvalue weighted by Gasteiger charge is -2.45. The average molecular weight is 691 g/mol. The summed E-state index contributed by atoms with van der Waals surface area (Å²) in [6.07, 6.45) is 1.15. The molecule has 1 aromatic carbocycles. The van der Waals surface area contributed by atoms with Gasteiger partial charge in [-0.2, -0.15) is 0 Å². The summed E-state index contributed by atoms with van der Waals surface area (Å²) in [4.78, 5) is 0. The van der Waals surface area contributed by atoms with Crippen LogP contribution >= 0.6 is 22.6 Å². The van der Waals surface area contributed by atoms with E-state index in [1.165, 1.54) is 23.7 Å². The van der Waals surface area contributed by atoms with Crippen molar-refractivity contribution in [3.05, 3.63) is 39.5 Å². The second-order valence-corrected chi connectivity index (χ2v) is 23.2. The highest BCUT2D eigenvalue weighted by atomic mass is 127. The monoisotopic (exact) mass is 690 g/mol. The van der Waals surface area contributed by atoms with E-state index in [0.29, 0.717) is 25.0 Å². The predicted molar refractivity (Wildman–Crippen MR) is 182 cm³/mol. The lowest BCUT2D eigenvalue weighted by Crippen LogP contribution is -2.50. The van der Waals surface area contributed by atoms with Crippen molar-refractivity contribution in [1.82, 2.24) is 0 Å². The zero-order valence-electron chi connectivity index (χ0n) is 27.2. The molecule has 4 nitrogen and oxygen atoms in total. The predicted octanol–water partition coefficient (Wildman–Crippen LogP) is 10.2. The molecule has 0 fully saturated rings. The smallest absolute Gasteiger partial charge is 0.192 e. The van der Waals surface area contributed by atoms with E-state index < -0.39 is 16.6 Å². The Morgan fingerprint density at radius 2 is 1.54 bits per heavy atom. The summed E-state index contributed by atoms with van der Waals surface area (Å²) in [6.45, 7) is 27.8. The first kappa shape index (κ1) is 36.8. The molecule has 0 unspecified atom stereocenters. The minimum absolute atomic E-state index is 0.110. The first-order valence-corrected chi connectivity index (χ1v) is 21.7. The molecule has 7 heteroatoms. The Kier molecular flexibility index (Phi) is 16.1. The summed E-state index contributed by atoms with van der Waals surface area (Å²) in [5, 5.41) is 0.146. The molecule has 226 valence electrons. The Balaban J connectivity index is 3.20. The zero-order chi connectivity index (χ0) is 29.9. The highest BCUT2D eigenvalue weighted by Crippen LogP contribution is 2.41. The molecule has 1 aromatic rings. The zero-order valence-corrected chi connectivity index (χ0v) is 31.3. The number of halogens is 1. The molecule has 0 aliphatic carbocycles. The normalized spacial score (nSPS) is 16.6. The summed E-state index contributed by atoms with van der Waals surface area (Å²) in [7, 11) is -1.98. The molecule has 0 aliphatic rings. The van der Waals surface area contributed by atoms with Gasteiger partial charge in [0.1, 0.15) is 5.75 Å². The van der Waals surface area contributed by atoms with Crippen LogP contribution in [-0.4, -0.2) is 43.1 Å². The van der Waals surface area contributed by atoms with E-state index in [1.807, 2.05) is 12.1 Å². The maximum absolute atomic E-state index is 7.24. The molecule has 0 spiro atoms.